The Morgan fingerprint density at radius 1 is 1.14 bits per heavy atom. The van der Waals surface area contributed by atoms with E-state index < -0.39 is 0 Å². The third kappa shape index (κ3) is 4.69. The quantitative estimate of drug-likeness (QED) is 0.217. The summed E-state index contributed by atoms with van der Waals surface area (Å²) in [5.41, 5.74) is 4.61. The Bertz CT molecular complexity index is 1340. The van der Waals surface area contributed by atoms with Crippen LogP contribution in [0.1, 0.15) is 91.0 Å². The van der Waals surface area contributed by atoms with Gasteiger partial charge in [-0.05, 0) is 98.9 Å². The number of carbonyl (C=O) groups excluding carboxylic acids is 2. The molecular formula is C37H49NO5. The lowest BCUT2D eigenvalue weighted by Gasteiger charge is -2.52. The van der Waals surface area contributed by atoms with Gasteiger partial charge in [-0.1, -0.05) is 62.2 Å². The normalized spacial score (nSPS) is 43.2. The number of Topliss-reactive ketones (excluding diaryl/α,β-unsaturated/α-hetero) is 1. The highest BCUT2D eigenvalue weighted by Gasteiger charge is 2.61. The van der Waals surface area contributed by atoms with Crippen molar-refractivity contribution in [2.45, 2.75) is 110 Å². The summed E-state index contributed by atoms with van der Waals surface area (Å²) < 4.78 is 13.0. The van der Waals surface area contributed by atoms with Gasteiger partial charge in [0.15, 0.2) is 5.78 Å². The highest BCUT2D eigenvalue weighted by Crippen LogP contribution is 2.65. The van der Waals surface area contributed by atoms with Crippen LogP contribution in [-0.2, 0) is 20.9 Å². The number of ketones is 1. The Balaban J connectivity index is 1.12. The van der Waals surface area contributed by atoms with Crippen LogP contribution in [0.5, 0.6) is 0 Å². The van der Waals surface area contributed by atoms with Crippen LogP contribution < -0.4 is 0 Å². The van der Waals surface area contributed by atoms with Crippen molar-refractivity contribution < 1.29 is 24.2 Å². The van der Waals surface area contributed by atoms with Crippen LogP contribution in [0.4, 0.5) is 4.79 Å². The third-order valence-electron chi connectivity index (χ3n) is 13.1. The van der Waals surface area contributed by atoms with Crippen molar-refractivity contribution >= 4 is 11.9 Å². The zero-order valence-electron chi connectivity index (χ0n) is 26.4. The van der Waals surface area contributed by atoms with E-state index in [4.69, 9.17) is 9.47 Å². The van der Waals surface area contributed by atoms with Crippen LogP contribution in [0.2, 0.25) is 0 Å². The second-order valence-electron chi connectivity index (χ2n) is 15.4. The van der Waals surface area contributed by atoms with Gasteiger partial charge in [0.05, 0.1) is 24.0 Å². The minimum absolute atomic E-state index is 0.0424. The number of carbonyl (C=O) groups is 2. The highest BCUT2D eigenvalue weighted by molar-refractivity contribution is 5.96. The molecule has 2 aliphatic heterocycles. The van der Waals surface area contributed by atoms with Crippen molar-refractivity contribution in [1.29, 1.82) is 0 Å². The van der Waals surface area contributed by atoms with Gasteiger partial charge in [0.25, 0.3) is 0 Å². The number of hydrogen-bond acceptors (Lipinski definition) is 5. The van der Waals surface area contributed by atoms with Crippen LogP contribution in [0.25, 0.3) is 0 Å². The average Bonchev–Trinajstić information content (AvgIpc) is 3.46. The summed E-state index contributed by atoms with van der Waals surface area (Å²) in [5, 5.41) is 9.84. The average molecular weight is 588 g/mol. The Labute approximate surface area is 256 Å². The van der Waals surface area contributed by atoms with Crippen molar-refractivity contribution in [2.24, 2.45) is 40.9 Å². The molecule has 43 heavy (non-hydrogen) atoms. The van der Waals surface area contributed by atoms with Gasteiger partial charge in [0, 0.05) is 24.5 Å². The van der Waals surface area contributed by atoms with Gasteiger partial charge in [0.2, 0.25) is 0 Å². The molecule has 0 radical (unpaired) electrons. The molecule has 10 atom stereocenters. The molecule has 1 aromatic carbocycles. The summed E-state index contributed by atoms with van der Waals surface area (Å²) in [7, 11) is 0. The monoisotopic (exact) mass is 587 g/mol. The number of aliphatic hydroxyl groups is 1. The lowest BCUT2D eigenvalue weighted by atomic mass is 9.51. The number of likely N-dealkylation sites (tertiary alicyclic amines) is 1. The number of benzene rings is 1. The molecule has 2 saturated heterocycles. The number of nitrogens with zero attached hydrogens (tertiary/aromatic N) is 1. The molecule has 1 unspecified atom stereocenters. The molecule has 1 N–H and O–H groups in total. The molecule has 1 aromatic rings. The number of aliphatic hydroxyl groups excluding tert-OH is 1. The van der Waals surface area contributed by atoms with E-state index in [1.165, 1.54) is 12.0 Å². The van der Waals surface area contributed by atoms with Crippen molar-refractivity contribution in [3.8, 4) is 0 Å². The SMILES string of the molecule is CC1=C2C[C@H]3C(CC[C@H]4CC(=O)/C(=C\O)C[C@@]43C)[C@@H]2CC[C@@]2(C1)O[C@@H]1C[C@H](C)CN(C(=O)OCc3ccccc3)[C@H]1[C@H]2C. The second-order valence-corrected chi connectivity index (χ2v) is 15.4. The molecule has 6 nitrogen and oxygen atoms in total. The lowest BCUT2D eigenvalue weighted by molar-refractivity contribution is -0.124. The Hall–Kier alpha value is -2.60. The van der Waals surface area contributed by atoms with Gasteiger partial charge in [-0.3, -0.25) is 4.79 Å². The minimum Gasteiger partial charge on any atom is -0.515 e. The van der Waals surface area contributed by atoms with E-state index >= 15 is 0 Å². The Morgan fingerprint density at radius 2 is 1.93 bits per heavy atom. The van der Waals surface area contributed by atoms with E-state index in [-0.39, 0.29) is 41.0 Å². The number of fused-ring (bicyclic) bond motifs is 6. The minimum atomic E-state index is -0.251. The first kappa shape index (κ1) is 29.1. The van der Waals surface area contributed by atoms with E-state index in [2.05, 4.69) is 27.7 Å². The second kappa shape index (κ2) is 10.8. The number of allylic oxidation sites excluding steroid dienone is 2. The van der Waals surface area contributed by atoms with E-state index in [0.717, 1.165) is 63.3 Å². The molecule has 2 heterocycles. The predicted octanol–water partition coefficient (Wildman–Crippen LogP) is 7.78. The summed E-state index contributed by atoms with van der Waals surface area (Å²) in [6, 6.07) is 9.97. The molecule has 6 aliphatic rings. The van der Waals surface area contributed by atoms with Crippen LogP contribution in [0.3, 0.4) is 0 Å². The lowest BCUT2D eigenvalue weighted by Crippen LogP contribution is -2.54. The van der Waals surface area contributed by atoms with Crippen molar-refractivity contribution in [3.05, 3.63) is 58.9 Å². The summed E-state index contributed by atoms with van der Waals surface area (Å²) in [4.78, 5) is 28.2. The Morgan fingerprint density at radius 3 is 2.70 bits per heavy atom. The van der Waals surface area contributed by atoms with Crippen molar-refractivity contribution in [1.82, 2.24) is 4.90 Å². The van der Waals surface area contributed by atoms with Crippen LogP contribution in [0, 0.1) is 40.9 Å². The Kier molecular flexibility index (Phi) is 7.31. The molecule has 7 rings (SSSR count). The first-order valence-electron chi connectivity index (χ1n) is 16.8. The molecule has 6 heteroatoms. The molecule has 4 aliphatic carbocycles. The topological polar surface area (TPSA) is 76.1 Å². The van der Waals surface area contributed by atoms with Crippen molar-refractivity contribution in [2.75, 3.05) is 6.54 Å². The number of piperidine rings is 1. The van der Waals surface area contributed by atoms with Gasteiger partial charge in [0.1, 0.15) is 6.61 Å². The molecule has 232 valence electrons. The van der Waals surface area contributed by atoms with Gasteiger partial charge >= 0.3 is 6.09 Å². The summed E-state index contributed by atoms with van der Waals surface area (Å²) in [5.74, 6) is 2.95. The van der Waals surface area contributed by atoms with Gasteiger partial charge < -0.3 is 19.5 Å². The zero-order chi connectivity index (χ0) is 30.1. The maximum Gasteiger partial charge on any atom is 0.410 e. The predicted molar refractivity (Wildman–Crippen MR) is 165 cm³/mol. The maximum atomic E-state index is 13.5. The number of ether oxygens (including phenoxy) is 2. The van der Waals surface area contributed by atoms with Crippen LogP contribution in [0.15, 0.2) is 53.3 Å². The number of amides is 1. The van der Waals surface area contributed by atoms with Crippen molar-refractivity contribution in [3.63, 3.8) is 0 Å². The summed E-state index contributed by atoms with van der Waals surface area (Å²) in [6.07, 6.45) is 9.75. The fraction of sp³-hybridized carbons (Fsp3) is 0.676. The fourth-order valence-electron chi connectivity index (χ4n) is 10.9. The molecule has 1 spiro atoms. The molecule has 5 fully saturated rings. The van der Waals surface area contributed by atoms with Gasteiger partial charge in [-0.2, -0.15) is 0 Å². The number of hydrogen-bond donors (Lipinski definition) is 1. The fourth-order valence-corrected chi connectivity index (χ4v) is 10.9. The molecular weight excluding hydrogens is 538 g/mol. The van der Waals surface area contributed by atoms with E-state index in [9.17, 15) is 14.7 Å². The summed E-state index contributed by atoms with van der Waals surface area (Å²) in [6.45, 7) is 10.3. The number of rotatable bonds is 2. The first-order chi connectivity index (χ1) is 20.6. The molecule has 0 bridgehead atoms. The third-order valence-corrected chi connectivity index (χ3v) is 13.1. The van der Waals surface area contributed by atoms with Gasteiger partial charge in [-0.15, -0.1) is 0 Å². The summed E-state index contributed by atoms with van der Waals surface area (Å²) >= 11 is 0. The molecule has 0 aromatic heterocycles. The molecule has 1 amide bonds. The van der Waals surface area contributed by atoms with Crippen LogP contribution >= 0.6 is 0 Å². The molecule has 3 saturated carbocycles. The first-order valence-corrected chi connectivity index (χ1v) is 16.8. The van der Waals surface area contributed by atoms with Crippen LogP contribution in [-0.4, -0.2) is 46.2 Å². The maximum absolute atomic E-state index is 13.5. The largest absolute Gasteiger partial charge is 0.515 e. The highest BCUT2D eigenvalue weighted by atomic mass is 16.6. The zero-order valence-corrected chi connectivity index (χ0v) is 26.4. The smallest absolute Gasteiger partial charge is 0.410 e. The van der Waals surface area contributed by atoms with E-state index in [1.807, 2.05) is 35.2 Å². The van der Waals surface area contributed by atoms with E-state index in [0.29, 0.717) is 48.2 Å². The standard InChI is InChI=1S/C37H49NO5/c1-22-14-33-34(38(19-22)35(41)42-21-25-8-6-5-7-9-25)24(3)37(43-33)13-12-28-29-11-10-27-15-32(40)26(20-39)18-36(27,4)31(29)16-30(28)23(2)17-37/h5-9,20,22,24,27-29,31,33-34,39H,10-19,21H2,1-4H3/b26-20-/t22-,24+,27-,28-,29?,31-,33+,34-,36-,37-/m0/s1. The van der Waals surface area contributed by atoms with Gasteiger partial charge in [-0.25, -0.2) is 4.79 Å². The van der Waals surface area contributed by atoms with E-state index in [1.54, 1.807) is 5.57 Å².